The van der Waals surface area contributed by atoms with Crippen LogP contribution in [0, 0.1) is 0 Å². The van der Waals surface area contributed by atoms with Gasteiger partial charge in [-0.25, -0.2) is 16.8 Å². The molecule has 10 heteroatoms. The van der Waals surface area contributed by atoms with E-state index in [0.29, 0.717) is 28.6 Å². The highest BCUT2D eigenvalue weighted by Gasteiger charge is 2.29. The van der Waals surface area contributed by atoms with E-state index in [1.54, 1.807) is 24.3 Å². The number of amides is 1. The van der Waals surface area contributed by atoms with E-state index in [1.165, 1.54) is 36.5 Å². The van der Waals surface area contributed by atoms with Gasteiger partial charge in [-0.05, 0) is 42.8 Å². The predicted octanol–water partition coefficient (Wildman–Crippen LogP) is 1.95. The molecule has 1 saturated heterocycles. The molecule has 2 heterocycles. The predicted molar refractivity (Wildman–Crippen MR) is 114 cm³/mol. The van der Waals surface area contributed by atoms with Crippen LogP contribution in [-0.2, 0) is 19.9 Å². The molecular formula is C20H19N3O5S2. The average Bonchev–Trinajstić information content (AvgIpc) is 3.06. The Balaban J connectivity index is 1.49. The first-order valence-electron chi connectivity index (χ1n) is 9.21. The number of para-hydroxylation sites is 1. The SMILES string of the molecule is O=C(N[C@H]1CCS(=O)(=O)C1)c1ccc(NS(=O)(=O)c2cccc3cccnc23)cc1. The maximum absolute atomic E-state index is 12.8. The number of nitrogens with zero attached hydrogens (tertiary/aromatic N) is 1. The van der Waals surface area contributed by atoms with Crippen molar-refractivity contribution in [2.24, 2.45) is 0 Å². The number of sulfonamides is 1. The number of rotatable bonds is 5. The lowest BCUT2D eigenvalue weighted by Gasteiger charge is -2.12. The molecule has 1 fully saturated rings. The Kier molecular flexibility index (Phi) is 5.20. The summed E-state index contributed by atoms with van der Waals surface area (Å²) in [7, 11) is -6.97. The molecule has 8 nitrogen and oxygen atoms in total. The molecule has 1 aromatic heterocycles. The molecule has 156 valence electrons. The van der Waals surface area contributed by atoms with Gasteiger partial charge >= 0.3 is 0 Å². The molecule has 1 amide bonds. The van der Waals surface area contributed by atoms with Crippen LogP contribution in [-0.4, -0.2) is 45.3 Å². The Labute approximate surface area is 174 Å². The van der Waals surface area contributed by atoms with Crippen molar-refractivity contribution < 1.29 is 21.6 Å². The van der Waals surface area contributed by atoms with Gasteiger partial charge in [-0.2, -0.15) is 0 Å². The summed E-state index contributed by atoms with van der Waals surface area (Å²) in [6.07, 6.45) is 1.93. The van der Waals surface area contributed by atoms with Crippen molar-refractivity contribution >= 4 is 42.4 Å². The number of hydrogen-bond donors (Lipinski definition) is 2. The molecule has 4 rings (SSSR count). The summed E-state index contributed by atoms with van der Waals surface area (Å²) in [5.74, 6) is -0.387. The number of hydrogen-bond acceptors (Lipinski definition) is 6. The lowest BCUT2D eigenvalue weighted by Crippen LogP contribution is -2.35. The summed E-state index contributed by atoms with van der Waals surface area (Å²) in [5, 5.41) is 3.41. The molecule has 0 unspecified atom stereocenters. The minimum absolute atomic E-state index is 0.0598. The quantitative estimate of drug-likeness (QED) is 0.619. The van der Waals surface area contributed by atoms with Gasteiger partial charge in [0.15, 0.2) is 9.84 Å². The molecule has 0 aliphatic carbocycles. The highest BCUT2D eigenvalue weighted by atomic mass is 32.2. The topological polar surface area (TPSA) is 122 Å². The van der Waals surface area contributed by atoms with E-state index in [-0.39, 0.29) is 16.4 Å². The summed E-state index contributed by atoms with van der Waals surface area (Å²) >= 11 is 0. The van der Waals surface area contributed by atoms with Gasteiger partial charge in [-0.15, -0.1) is 0 Å². The molecular weight excluding hydrogens is 426 g/mol. The van der Waals surface area contributed by atoms with Crippen LogP contribution in [0.3, 0.4) is 0 Å². The number of aromatic nitrogens is 1. The number of benzene rings is 2. The number of carbonyl (C=O) groups is 1. The van der Waals surface area contributed by atoms with Crippen molar-refractivity contribution in [2.45, 2.75) is 17.4 Å². The Morgan fingerprint density at radius 1 is 1.03 bits per heavy atom. The van der Waals surface area contributed by atoms with E-state index in [1.807, 2.05) is 0 Å². The van der Waals surface area contributed by atoms with Gasteiger partial charge in [0.25, 0.3) is 15.9 Å². The van der Waals surface area contributed by atoms with Crippen LogP contribution in [0.25, 0.3) is 10.9 Å². The number of fused-ring (bicyclic) bond motifs is 1. The molecule has 2 aromatic carbocycles. The Hall–Kier alpha value is -2.98. The third-order valence-corrected chi connectivity index (χ3v) is 8.03. The average molecular weight is 446 g/mol. The van der Waals surface area contributed by atoms with E-state index in [4.69, 9.17) is 0 Å². The summed E-state index contributed by atoms with van der Waals surface area (Å²) in [6.45, 7) is 0. The first-order valence-corrected chi connectivity index (χ1v) is 12.5. The molecule has 0 radical (unpaired) electrons. The first-order chi connectivity index (χ1) is 14.2. The number of carbonyl (C=O) groups excluding carboxylic acids is 1. The number of pyridine rings is 1. The molecule has 30 heavy (non-hydrogen) atoms. The van der Waals surface area contributed by atoms with Crippen LogP contribution in [0.5, 0.6) is 0 Å². The molecule has 0 spiro atoms. The second-order valence-electron chi connectivity index (χ2n) is 7.09. The maximum atomic E-state index is 12.8. The third-order valence-electron chi connectivity index (χ3n) is 4.85. The second kappa shape index (κ2) is 7.69. The molecule has 1 aliphatic heterocycles. The highest BCUT2D eigenvalue weighted by molar-refractivity contribution is 7.93. The molecule has 1 atom stereocenters. The Morgan fingerprint density at radius 2 is 1.77 bits per heavy atom. The minimum Gasteiger partial charge on any atom is -0.348 e. The van der Waals surface area contributed by atoms with Gasteiger partial charge in [0.1, 0.15) is 4.90 Å². The zero-order chi connectivity index (χ0) is 21.4. The third kappa shape index (κ3) is 4.29. The highest BCUT2D eigenvalue weighted by Crippen LogP contribution is 2.23. The van der Waals surface area contributed by atoms with Crippen molar-refractivity contribution in [2.75, 3.05) is 16.2 Å². The van der Waals surface area contributed by atoms with Crippen molar-refractivity contribution in [3.63, 3.8) is 0 Å². The second-order valence-corrected chi connectivity index (χ2v) is 11.0. The Bertz CT molecular complexity index is 1310. The van der Waals surface area contributed by atoms with Crippen molar-refractivity contribution in [1.29, 1.82) is 0 Å². The van der Waals surface area contributed by atoms with Gasteiger partial charge in [0, 0.05) is 28.9 Å². The summed E-state index contributed by atoms with van der Waals surface area (Å²) < 4.78 is 51.2. The lowest BCUT2D eigenvalue weighted by molar-refractivity contribution is 0.0941. The molecule has 0 bridgehead atoms. The molecule has 2 N–H and O–H groups in total. The summed E-state index contributed by atoms with van der Waals surface area (Å²) in [6, 6.07) is 14.0. The van der Waals surface area contributed by atoms with Crippen molar-refractivity contribution in [3.8, 4) is 0 Å². The van der Waals surface area contributed by atoms with E-state index in [0.717, 1.165) is 0 Å². The number of anilines is 1. The van der Waals surface area contributed by atoms with E-state index in [9.17, 15) is 21.6 Å². The lowest BCUT2D eigenvalue weighted by atomic mass is 10.1. The standard InChI is InChI=1S/C20H19N3O5S2/c24-20(22-17-10-12-29(25,26)13-17)15-6-8-16(9-7-15)23-30(27,28)18-5-1-3-14-4-2-11-21-19(14)18/h1-9,11,17,23H,10,12-13H2,(H,22,24)/t17-/m0/s1. The van der Waals surface area contributed by atoms with Gasteiger partial charge in [-0.3, -0.25) is 14.5 Å². The van der Waals surface area contributed by atoms with Gasteiger partial charge in [0.2, 0.25) is 0 Å². The monoisotopic (exact) mass is 445 g/mol. The maximum Gasteiger partial charge on any atom is 0.264 e. The largest absolute Gasteiger partial charge is 0.348 e. The van der Waals surface area contributed by atoms with Crippen LogP contribution in [0.1, 0.15) is 16.8 Å². The number of nitrogens with one attached hydrogen (secondary N) is 2. The van der Waals surface area contributed by atoms with Crippen molar-refractivity contribution in [3.05, 3.63) is 66.4 Å². The normalized spacial score (nSPS) is 18.2. The fraction of sp³-hybridized carbons (Fsp3) is 0.200. The van der Waals surface area contributed by atoms with Gasteiger partial charge < -0.3 is 5.32 Å². The van der Waals surface area contributed by atoms with Gasteiger partial charge in [0.05, 0.1) is 17.0 Å². The first kappa shape index (κ1) is 20.3. The van der Waals surface area contributed by atoms with E-state index >= 15 is 0 Å². The zero-order valence-corrected chi connectivity index (χ0v) is 17.4. The fourth-order valence-electron chi connectivity index (χ4n) is 3.37. The van der Waals surface area contributed by atoms with E-state index < -0.39 is 31.8 Å². The van der Waals surface area contributed by atoms with E-state index in [2.05, 4.69) is 15.0 Å². The molecule has 3 aromatic rings. The molecule has 0 saturated carbocycles. The summed E-state index contributed by atoms with van der Waals surface area (Å²) in [5.41, 5.74) is 0.979. The van der Waals surface area contributed by atoms with Crippen molar-refractivity contribution in [1.82, 2.24) is 10.3 Å². The fourth-order valence-corrected chi connectivity index (χ4v) is 6.28. The van der Waals surface area contributed by atoms with Gasteiger partial charge in [-0.1, -0.05) is 18.2 Å². The van der Waals surface area contributed by atoms with Crippen LogP contribution in [0.15, 0.2) is 65.7 Å². The van der Waals surface area contributed by atoms with Crippen LogP contribution < -0.4 is 10.0 Å². The summed E-state index contributed by atoms with van der Waals surface area (Å²) in [4.78, 5) is 16.6. The minimum atomic E-state index is -3.88. The van der Waals surface area contributed by atoms with Crippen LogP contribution >= 0.6 is 0 Å². The smallest absolute Gasteiger partial charge is 0.264 e. The van der Waals surface area contributed by atoms with Crippen LogP contribution in [0.4, 0.5) is 5.69 Å². The van der Waals surface area contributed by atoms with Crippen LogP contribution in [0.2, 0.25) is 0 Å². The number of sulfone groups is 1. The zero-order valence-electron chi connectivity index (χ0n) is 15.8. The molecule has 1 aliphatic rings. The Morgan fingerprint density at radius 3 is 2.47 bits per heavy atom.